The highest BCUT2D eigenvalue weighted by molar-refractivity contribution is 9.11. The van der Waals surface area contributed by atoms with E-state index in [1.165, 1.54) is 37.6 Å². The van der Waals surface area contributed by atoms with Crippen LogP contribution in [0, 0.1) is 10.1 Å². The molecule has 0 radical (unpaired) electrons. The predicted octanol–water partition coefficient (Wildman–Crippen LogP) is 6.18. The fraction of sp³-hybridized carbons (Fsp3) is 0.364. The Bertz CT molecular complexity index is 1030. The maximum atomic E-state index is 12.2. The molecule has 8 nitrogen and oxygen atoms in total. The number of anilines is 1. The maximum Gasteiger partial charge on any atom is 0.277 e. The number of nitrogens with zero attached hydrogens (tertiary/aromatic N) is 3. The zero-order chi connectivity index (χ0) is 24.0. The lowest BCUT2D eigenvalue weighted by molar-refractivity contribution is -0.384. The van der Waals surface area contributed by atoms with Crippen LogP contribution in [-0.4, -0.2) is 36.7 Å². The van der Waals surface area contributed by atoms with E-state index in [-0.39, 0.29) is 12.3 Å². The molecule has 1 aliphatic rings. The fourth-order valence-corrected chi connectivity index (χ4v) is 6.24. The Balaban J connectivity index is 1.69. The highest BCUT2D eigenvalue weighted by atomic mass is 79.9. The molecule has 0 heterocycles. The molecule has 0 atom stereocenters. The zero-order valence-electron chi connectivity index (χ0n) is 17.9. The Morgan fingerprint density at radius 2 is 1.88 bits per heavy atom. The molecular formula is C22H23Br3N4O4. The van der Waals surface area contributed by atoms with Crippen LogP contribution in [0.2, 0.25) is 0 Å². The van der Waals surface area contributed by atoms with Gasteiger partial charge in [0, 0.05) is 40.9 Å². The summed E-state index contributed by atoms with van der Waals surface area (Å²) in [5, 5.41) is 15.3. The van der Waals surface area contributed by atoms with E-state index in [0.29, 0.717) is 26.3 Å². The largest absolute Gasteiger partial charge is 0.481 e. The van der Waals surface area contributed by atoms with E-state index in [1.807, 2.05) is 19.2 Å². The van der Waals surface area contributed by atoms with Crippen LogP contribution in [0.25, 0.3) is 0 Å². The summed E-state index contributed by atoms with van der Waals surface area (Å²) in [6.45, 7) is -0.250. The maximum absolute atomic E-state index is 12.2. The SMILES string of the molecule is CN(c1ccc([N+](=O)[O-])cc1/C=N\NC(=O)COc1c(Br)cc(Br)cc1Br)C1CCCCC1. The number of nitro benzene ring substituents is 1. The van der Waals surface area contributed by atoms with Crippen molar-refractivity contribution in [3.8, 4) is 5.75 Å². The summed E-state index contributed by atoms with van der Waals surface area (Å²) in [6.07, 6.45) is 7.18. The Labute approximate surface area is 217 Å². The third kappa shape index (κ3) is 7.00. The van der Waals surface area contributed by atoms with Crippen molar-refractivity contribution >= 4 is 71.3 Å². The van der Waals surface area contributed by atoms with Gasteiger partial charge in [-0.1, -0.05) is 35.2 Å². The monoisotopic (exact) mass is 644 g/mol. The first-order valence-corrected chi connectivity index (χ1v) is 12.7. The molecule has 2 aromatic carbocycles. The van der Waals surface area contributed by atoms with Gasteiger partial charge in [-0.25, -0.2) is 5.43 Å². The molecule has 11 heteroatoms. The third-order valence-electron chi connectivity index (χ3n) is 5.43. The molecule has 2 aromatic rings. The molecule has 1 fully saturated rings. The van der Waals surface area contributed by atoms with Crippen molar-refractivity contribution in [1.82, 2.24) is 5.43 Å². The molecule has 1 saturated carbocycles. The summed E-state index contributed by atoms with van der Waals surface area (Å²) in [6, 6.07) is 8.69. The smallest absolute Gasteiger partial charge is 0.277 e. The second-order valence-electron chi connectivity index (χ2n) is 7.68. The highest BCUT2D eigenvalue weighted by Gasteiger charge is 2.21. The number of rotatable bonds is 8. The van der Waals surface area contributed by atoms with Crippen molar-refractivity contribution < 1.29 is 14.5 Å². The number of halogens is 3. The zero-order valence-corrected chi connectivity index (χ0v) is 22.7. The lowest BCUT2D eigenvalue weighted by atomic mass is 9.94. The van der Waals surface area contributed by atoms with Crippen LogP contribution in [0.5, 0.6) is 5.75 Å². The van der Waals surface area contributed by atoms with Crippen LogP contribution in [0.3, 0.4) is 0 Å². The van der Waals surface area contributed by atoms with Crippen LogP contribution in [0.15, 0.2) is 48.9 Å². The number of hydrogen-bond acceptors (Lipinski definition) is 6. The number of carbonyl (C=O) groups excluding carboxylic acids is 1. The van der Waals surface area contributed by atoms with Crippen LogP contribution in [-0.2, 0) is 4.79 Å². The van der Waals surface area contributed by atoms with Gasteiger partial charge in [-0.15, -0.1) is 0 Å². The number of non-ortho nitro benzene ring substituents is 1. The molecule has 0 spiro atoms. The number of hydrogen-bond donors (Lipinski definition) is 1. The number of benzene rings is 2. The van der Waals surface area contributed by atoms with Crippen molar-refractivity contribution in [2.75, 3.05) is 18.6 Å². The van der Waals surface area contributed by atoms with Gasteiger partial charge in [-0.2, -0.15) is 5.10 Å². The van der Waals surface area contributed by atoms with E-state index < -0.39 is 10.8 Å². The Morgan fingerprint density at radius 3 is 2.52 bits per heavy atom. The van der Waals surface area contributed by atoms with E-state index >= 15 is 0 Å². The van der Waals surface area contributed by atoms with Crippen molar-refractivity contribution in [3.63, 3.8) is 0 Å². The topological polar surface area (TPSA) is 97.1 Å². The second-order valence-corrected chi connectivity index (χ2v) is 10.3. The van der Waals surface area contributed by atoms with Crippen molar-refractivity contribution in [2.45, 2.75) is 38.1 Å². The Hall–Kier alpha value is -1.98. The van der Waals surface area contributed by atoms with E-state index in [1.54, 1.807) is 6.07 Å². The first-order chi connectivity index (χ1) is 15.8. The molecule has 0 aliphatic heterocycles. The summed E-state index contributed by atoms with van der Waals surface area (Å²) in [5.74, 6) is 0.0352. The van der Waals surface area contributed by atoms with Crippen molar-refractivity contribution in [3.05, 3.63) is 59.4 Å². The van der Waals surface area contributed by atoms with Gasteiger partial charge in [0.1, 0.15) is 5.75 Å². The molecule has 1 N–H and O–H groups in total. The fourth-order valence-electron chi connectivity index (χ4n) is 3.76. The molecular weight excluding hydrogens is 624 g/mol. The molecule has 0 saturated heterocycles. The second kappa shape index (κ2) is 11.9. The molecule has 0 bridgehead atoms. The third-order valence-corrected chi connectivity index (χ3v) is 7.06. The minimum absolute atomic E-state index is 0.0307. The Kier molecular flexibility index (Phi) is 9.27. The lowest BCUT2D eigenvalue weighted by Crippen LogP contribution is -2.34. The average Bonchev–Trinajstić information content (AvgIpc) is 2.78. The number of carbonyl (C=O) groups is 1. The van der Waals surface area contributed by atoms with E-state index in [0.717, 1.165) is 23.0 Å². The minimum Gasteiger partial charge on any atom is -0.481 e. The van der Waals surface area contributed by atoms with E-state index in [9.17, 15) is 14.9 Å². The van der Waals surface area contributed by atoms with E-state index in [2.05, 4.69) is 63.2 Å². The van der Waals surface area contributed by atoms with Crippen molar-refractivity contribution in [2.24, 2.45) is 5.10 Å². The molecule has 1 aliphatic carbocycles. The van der Waals surface area contributed by atoms with Crippen LogP contribution in [0.4, 0.5) is 11.4 Å². The van der Waals surface area contributed by atoms with Gasteiger partial charge in [0.2, 0.25) is 0 Å². The van der Waals surface area contributed by atoms with Gasteiger partial charge in [-0.05, 0) is 62.9 Å². The minimum atomic E-state index is -0.458. The van der Waals surface area contributed by atoms with Gasteiger partial charge in [-0.3, -0.25) is 14.9 Å². The van der Waals surface area contributed by atoms with E-state index in [4.69, 9.17) is 4.74 Å². The lowest BCUT2D eigenvalue weighted by Gasteiger charge is -2.33. The predicted molar refractivity (Wildman–Crippen MR) is 139 cm³/mol. The average molecular weight is 647 g/mol. The van der Waals surface area contributed by atoms with Crippen LogP contribution in [0.1, 0.15) is 37.7 Å². The van der Waals surface area contributed by atoms with Gasteiger partial charge in [0.15, 0.2) is 6.61 Å². The van der Waals surface area contributed by atoms with Crippen LogP contribution < -0.4 is 15.1 Å². The number of nitrogens with one attached hydrogen (secondary N) is 1. The number of hydrazone groups is 1. The highest BCUT2D eigenvalue weighted by Crippen LogP contribution is 2.36. The molecule has 0 aromatic heterocycles. The summed E-state index contributed by atoms with van der Waals surface area (Å²) in [4.78, 5) is 25.2. The quantitative estimate of drug-likeness (QED) is 0.210. The summed E-state index contributed by atoms with van der Waals surface area (Å²) < 4.78 is 7.81. The van der Waals surface area contributed by atoms with Crippen LogP contribution >= 0.6 is 47.8 Å². The first kappa shape index (κ1) is 25.6. The number of amides is 1. The summed E-state index contributed by atoms with van der Waals surface area (Å²) in [7, 11) is 1.99. The number of ether oxygens (including phenoxy) is 1. The molecule has 3 rings (SSSR count). The first-order valence-electron chi connectivity index (χ1n) is 10.4. The molecule has 1 amide bonds. The van der Waals surface area contributed by atoms with Gasteiger partial charge in [0.05, 0.1) is 20.1 Å². The normalized spacial score (nSPS) is 14.3. The Morgan fingerprint density at radius 1 is 1.21 bits per heavy atom. The summed E-state index contributed by atoms with van der Waals surface area (Å²) >= 11 is 10.2. The number of nitro groups is 1. The van der Waals surface area contributed by atoms with Crippen molar-refractivity contribution in [1.29, 1.82) is 0 Å². The molecule has 176 valence electrons. The van der Waals surface area contributed by atoms with Gasteiger partial charge in [0.25, 0.3) is 11.6 Å². The summed E-state index contributed by atoms with van der Waals surface area (Å²) in [5.41, 5.74) is 3.80. The molecule has 0 unspecified atom stereocenters. The standard InChI is InChI=1S/C22H23Br3N4O4/c1-28(16-5-3-2-4-6-16)20-8-7-17(29(31)32)9-14(20)12-26-27-21(30)13-33-22-18(24)10-15(23)11-19(22)25/h7-12,16H,2-6,13H2,1H3,(H,27,30)/b26-12-. The van der Waals surface area contributed by atoms with Gasteiger partial charge < -0.3 is 9.64 Å². The van der Waals surface area contributed by atoms with Gasteiger partial charge >= 0.3 is 0 Å². The molecule has 33 heavy (non-hydrogen) atoms.